The quantitative estimate of drug-likeness (QED) is 0.225. The van der Waals surface area contributed by atoms with E-state index in [4.69, 9.17) is 37.9 Å². The first-order chi connectivity index (χ1) is 7.78. The Morgan fingerprint density at radius 1 is 0.895 bits per heavy atom. The Balaban J connectivity index is -0.000000366. The molecule has 0 aliphatic rings. The van der Waals surface area contributed by atoms with Crippen molar-refractivity contribution < 1.29 is 52.3 Å². The minimum atomic E-state index is -4.67. The summed E-state index contributed by atoms with van der Waals surface area (Å²) in [7, 11) is -4.67. The van der Waals surface area contributed by atoms with Crippen molar-refractivity contribution in [2.75, 3.05) is 0 Å². The van der Waals surface area contributed by atoms with Crippen molar-refractivity contribution in [2.45, 2.75) is 18.4 Å². The van der Waals surface area contributed by atoms with Crippen LogP contribution in [-0.2, 0) is 24.8 Å². The second kappa shape index (κ2) is 9.00. The van der Waals surface area contributed by atoms with Crippen molar-refractivity contribution in [2.24, 2.45) is 0 Å². The molecule has 0 spiro atoms. The van der Waals surface area contributed by atoms with Gasteiger partial charge in [-0.3, -0.25) is 18.7 Å². The lowest BCUT2D eigenvalue weighted by Gasteiger charge is -2.18. The Morgan fingerprint density at radius 3 is 1.21 bits per heavy atom. The molecule has 0 heterocycles. The smallest absolute Gasteiger partial charge is 0.394 e. The second-order valence-electron chi connectivity index (χ2n) is 2.93. The molecule has 0 saturated heterocycles. The summed E-state index contributed by atoms with van der Waals surface area (Å²) in [6.07, 6.45) is -2.29. The van der Waals surface area contributed by atoms with Gasteiger partial charge in [0.2, 0.25) is 0 Å². The number of aliphatic carboxylic acids is 3. The standard InChI is InChI=1S/C6H8O7.Mg.H2O4S.2H/c7-3(8)1-6(13,5(11)12)2-4(9)10;;1-5(2,3)4;;/h13H,1-2H2,(H,7,8)(H,9,10)(H,11,12);;(H2,1,2,3,4);;. The molecule has 0 aromatic carbocycles. The van der Waals surface area contributed by atoms with Crippen molar-refractivity contribution >= 4 is 51.4 Å². The number of aliphatic hydroxyl groups is 1. The molecule has 0 rings (SSSR count). The summed E-state index contributed by atoms with van der Waals surface area (Å²) in [5.41, 5.74) is -2.74. The van der Waals surface area contributed by atoms with Gasteiger partial charge >= 0.3 is 51.4 Å². The van der Waals surface area contributed by atoms with Gasteiger partial charge in [0, 0.05) is 0 Å². The van der Waals surface area contributed by atoms with Crippen LogP contribution in [0.4, 0.5) is 0 Å². The Labute approximate surface area is 122 Å². The zero-order valence-corrected chi connectivity index (χ0v) is 9.36. The van der Waals surface area contributed by atoms with E-state index in [0.29, 0.717) is 0 Å². The van der Waals surface area contributed by atoms with Gasteiger partial charge in [0.25, 0.3) is 0 Å². The molecular weight excluding hydrogens is 304 g/mol. The Kier molecular flexibility index (Phi) is 11.0. The van der Waals surface area contributed by atoms with Gasteiger partial charge in [0.05, 0.1) is 12.8 Å². The summed E-state index contributed by atoms with van der Waals surface area (Å²) in [6, 6.07) is 0. The highest BCUT2D eigenvalue weighted by atomic mass is 32.3. The minimum Gasteiger partial charge on any atom is -0.481 e. The molecule has 6 N–H and O–H groups in total. The van der Waals surface area contributed by atoms with E-state index in [-0.39, 0.29) is 23.1 Å². The van der Waals surface area contributed by atoms with Crippen molar-refractivity contribution in [3.8, 4) is 0 Å². The molecular formula is C6H12MgO11S. The van der Waals surface area contributed by atoms with Gasteiger partial charge in [-0.05, 0) is 0 Å². The molecule has 11 nitrogen and oxygen atoms in total. The Bertz CT molecular complexity index is 402. The van der Waals surface area contributed by atoms with Crippen LogP contribution in [-0.4, -0.2) is 84.5 Å². The molecule has 13 heteroatoms. The van der Waals surface area contributed by atoms with Crippen molar-refractivity contribution in [1.29, 1.82) is 0 Å². The fraction of sp³-hybridized carbons (Fsp3) is 0.500. The number of hydrogen-bond donors (Lipinski definition) is 6. The lowest BCUT2D eigenvalue weighted by Crippen LogP contribution is -2.42. The highest BCUT2D eigenvalue weighted by molar-refractivity contribution is 7.79. The number of carbonyl (C=O) groups is 3. The molecule has 0 unspecified atom stereocenters. The van der Waals surface area contributed by atoms with Gasteiger partial charge in [-0.1, -0.05) is 0 Å². The highest BCUT2D eigenvalue weighted by Gasteiger charge is 2.40. The third-order valence-electron chi connectivity index (χ3n) is 1.29. The van der Waals surface area contributed by atoms with E-state index in [1.54, 1.807) is 0 Å². The number of hydrogen-bond acceptors (Lipinski definition) is 6. The van der Waals surface area contributed by atoms with Gasteiger partial charge in [-0.15, -0.1) is 0 Å². The molecule has 0 fully saturated rings. The molecule has 0 radical (unpaired) electrons. The lowest BCUT2D eigenvalue weighted by molar-refractivity contribution is -0.170. The largest absolute Gasteiger partial charge is 0.481 e. The van der Waals surface area contributed by atoms with E-state index < -0.39 is 46.7 Å². The summed E-state index contributed by atoms with van der Waals surface area (Å²) in [5.74, 6) is -5.02. The van der Waals surface area contributed by atoms with E-state index in [2.05, 4.69) is 0 Å². The van der Waals surface area contributed by atoms with E-state index in [0.717, 1.165) is 0 Å². The minimum absolute atomic E-state index is 0. The zero-order valence-electron chi connectivity index (χ0n) is 8.55. The van der Waals surface area contributed by atoms with E-state index in [1.165, 1.54) is 0 Å². The molecule has 0 aromatic rings. The molecule has 0 aromatic heterocycles. The summed E-state index contributed by atoms with van der Waals surface area (Å²) >= 11 is 0. The fourth-order valence-corrected chi connectivity index (χ4v) is 0.714. The monoisotopic (exact) mass is 316 g/mol. The number of carboxylic acids is 3. The van der Waals surface area contributed by atoms with Crippen LogP contribution in [0.1, 0.15) is 12.8 Å². The number of carboxylic acid groups (broad SMARTS) is 3. The molecule has 0 aliphatic carbocycles. The zero-order chi connectivity index (χ0) is 15.1. The Morgan fingerprint density at radius 2 is 1.11 bits per heavy atom. The van der Waals surface area contributed by atoms with Crippen LogP contribution in [0.3, 0.4) is 0 Å². The van der Waals surface area contributed by atoms with Gasteiger partial charge in [0.1, 0.15) is 0 Å². The first-order valence-corrected chi connectivity index (χ1v) is 5.27. The van der Waals surface area contributed by atoms with E-state index in [9.17, 15) is 14.4 Å². The molecule has 0 bridgehead atoms. The van der Waals surface area contributed by atoms with Crippen LogP contribution in [0.5, 0.6) is 0 Å². The van der Waals surface area contributed by atoms with Crippen LogP contribution < -0.4 is 0 Å². The summed E-state index contributed by atoms with van der Waals surface area (Å²) in [4.78, 5) is 30.5. The highest BCUT2D eigenvalue weighted by Crippen LogP contribution is 2.15. The third kappa shape index (κ3) is 17.0. The van der Waals surface area contributed by atoms with Gasteiger partial charge in [-0.25, -0.2) is 4.79 Å². The molecule has 0 amide bonds. The first-order valence-electron chi connectivity index (χ1n) is 3.87. The average Bonchev–Trinajstić information content (AvgIpc) is 1.95. The summed E-state index contributed by atoms with van der Waals surface area (Å²) < 4.78 is 31.6. The molecule has 0 aliphatic heterocycles. The predicted octanol–water partition coefficient (Wildman–Crippen LogP) is -2.82. The van der Waals surface area contributed by atoms with Crippen LogP contribution in [0.25, 0.3) is 0 Å². The van der Waals surface area contributed by atoms with Gasteiger partial charge in [-0.2, -0.15) is 8.42 Å². The molecule has 0 saturated carbocycles. The van der Waals surface area contributed by atoms with E-state index >= 15 is 0 Å². The maximum atomic E-state index is 10.3. The van der Waals surface area contributed by atoms with Crippen LogP contribution >= 0.6 is 0 Å². The predicted molar refractivity (Wildman–Crippen MR) is 59.8 cm³/mol. The van der Waals surface area contributed by atoms with Crippen molar-refractivity contribution in [3.63, 3.8) is 0 Å². The van der Waals surface area contributed by atoms with Gasteiger partial charge in [0.15, 0.2) is 5.60 Å². The maximum absolute atomic E-state index is 10.3. The summed E-state index contributed by atoms with van der Waals surface area (Å²) in [6.45, 7) is 0. The SMILES string of the molecule is O=C(O)CC(O)(CC(=O)O)C(=O)O.O=S(=O)(O)O.[MgH2]. The van der Waals surface area contributed by atoms with E-state index in [1.807, 2.05) is 0 Å². The van der Waals surface area contributed by atoms with Crippen molar-refractivity contribution in [1.82, 2.24) is 0 Å². The molecule has 19 heavy (non-hydrogen) atoms. The topological polar surface area (TPSA) is 207 Å². The average molecular weight is 317 g/mol. The lowest BCUT2D eigenvalue weighted by atomic mass is 9.96. The van der Waals surface area contributed by atoms with Crippen molar-refractivity contribution in [3.05, 3.63) is 0 Å². The Hall–Kier alpha value is -0.994. The molecule has 110 valence electrons. The molecule has 0 atom stereocenters. The van der Waals surface area contributed by atoms with Crippen LogP contribution in [0.2, 0.25) is 0 Å². The third-order valence-corrected chi connectivity index (χ3v) is 1.29. The fourth-order valence-electron chi connectivity index (χ4n) is 0.714. The normalized spacial score (nSPS) is 10.5. The summed E-state index contributed by atoms with van der Waals surface area (Å²) in [5, 5.41) is 33.8. The number of rotatable bonds is 5. The van der Waals surface area contributed by atoms with Gasteiger partial charge < -0.3 is 20.4 Å². The van der Waals surface area contributed by atoms with Crippen LogP contribution in [0.15, 0.2) is 0 Å². The maximum Gasteiger partial charge on any atom is 0.394 e. The van der Waals surface area contributed by atoms with Crippen LogP contribution in [0, 0.1) is 0 Å². The second-order valence-corrected chi connectivity index (χ2v) is 3.82. The first kappa shape index (κ1) is 23.1.